The van der Waals surface area contributed by atoms with Crippen LogP contribution in [0.2, 0.25) is 0 Å². The molecule has 0 bridgehead atoms. The van der Waals surface area contributed by atoms with Crippen molar-refractivity contribution < 1.29 is 4.79 Å². The topological polar surface area (TPSA) is 42.0 Å². The van der Waals surface area contributed by atoms with Crippen LogP contribution in [0.3, 0.4) is 0 Å². The maximum Gasteiger partial charge on any atom is 0.254 e. The molecule has 1 aliphatic heterocycles. The van der Waals surface area contributed by atoms with Crippen molar-refractivity contribution >= 4 is 5.91 Å². The molecule has 2 aromatic rings. The lowest BCUT2D eigenvalue weighted by atomic mass is 10.0. The van der Waals surface area contributed by atoms with Gasteiger partial charge in [-0.15, -0.1) is 0 Å². The zero-order valence-corrected chi connectivity index (χ0v) is 8.60. The van der Waals surface area contributed by atoms with Crippen LogP contribution in [-0.4, -0.2) is 10.9 Å². The van der Waals surface area contributed by atoms with E-state index in [0.29, 0.717) is 12.1 Å². The number of hydrogen-bond acceptors (Lipinski definition) is 2. The Morgan fingerprint density at radius 1 is 1.12 bits per heavy atom. The van der Waals surface area contributed by atoms with E-state index in [-0.39, 0.29) is 5.91 Å². The molecular formula is C13H10N2O. The molecule has 78 valence electrons. The molecule has 1 aromatic carbocycles. The van der Waals surface area contributed by atoms with Crippen molar-refractivity contribution in [3.8, 4) is 11.3 Å². The van der Waals surface area contributed by atoms with Crippen molar-refractivity contribution in [3.05, 3.63) is 53.7 Å². The molecule has 3 rings (SSSR count). The van der Waals surface area contributed by atoms with Crippen molar-refractivity contribution in [2.75, 3.05) is 0 Å². The van der Waals surface area contributed by atoms with E-state index < -0.39 is 0 Å². The summed E-state index contributed by atoms with van der Waals surface area (Å²) >= 11 is 0. The molecule has 1 N–H and O–H groups in total. The fourth-order valence-electron chi connectivity index (χ4n) is 1.98. The fraction of sp³-hybridized carbons (Fsp3) is 0.0769. The van der Waals surface area contributed by atoms with Gasteiger partial charge in [0.1, 0.15) is 0 Å². The SMILES string of the molecule is O=C1NCc2ccnc(-c3ccccc3)c21. The summed E-state index contributed by atoms with van der Waals surface area (Å²) in [4.78, 5) is 16.0. The van der Waals surface area contributed by atoms with Crippen molar-refractivity contribution in [1.82, 2.24) is 10.3 Å². The average Bonchev–Trinajstić information content (AvgIpc) is 2.73. The summed E-state index contributed by atoms with van der Waals surface area (Å²) in [5.41, 5.74) is 3.50. The lowest BCUT2D eigenvalue weighted by Crippen LogP contribution is -2.13. The van der Waals surface area contributed by atoms with Crippen LogP contribution < -0.4 is 5.32 Å². The van der Waals surface area contributed by atoms with E-state index in [9.17, 15) is 4.79 Å². The first kappa shape index (κ1) is 9.09. The molecule has 0 saturated heterocycles. The van der Waals surface area contributed by atoms with E-state index in [2.05, 4.69) is 10.3 Å². The highest BCUT2D eigenvalue weighted by Gasteiger charge is 2.23. The molecule has 3 heteroatoms. The van der Waals surface area contributed by atoms with Gasteiger partial charge in [-0.3, -0.25) is 9.78 Å². The van der Waals surface area contributed by atoms with Crippen LogP contribution in [0.15, 0.2) is 42.6 Å². The van der Waals surface area contributed by atoms with Gasteiger partial charge >= 0.3 is 0 Å². The summed E-state index contributed by atoms with van der Waals surface area (Å²) < 4.78 is 0. The lowest BCUT2D eigenvalue weighted by Gasteiger charge is -2.04. The molecule has 2 heterocycles. The van der Waals surface area contributed by atoms with E-state index in [1.54, 1.807) is 6.20 Å². The number of hydrogen-bond donors (Lipinski definition) is 1. The molecule has 0 spiro atoms. The molecule has 0 saturated carbocycles. The first-order valence-electron chi connectivity index (χ1n) is 5.18. The molecule has 0 aliphatic carbocycles. The Bertz CT molecular complexity index is 549. The molecule has 1 aliphatic rings. The second-order valence-corrected chi connectivity index (χ2v) is 3.74. The van der Waals surface area contributed by atoms with Crippen LogP contribution in [-0.2, 0) is 6.54 Å². The van der Waals surface area contributed by atoms with Crippen molar-refractivity contribution in [2.24, 2.45) is 0 Å². The summed E-state index contributed by atoms with van der Waals surface area (Å²) in [6.45, 7) is 0.608. The first-order chi connectivity index (χ1) is 7.86. The van der Waals surface area contributed by atoms with Crippen molar-refractivity contribution in [2.45, 2.75) is 6.54 Å². The Morgan fingerprint density at radius 2 is 1.94 bits per heavy atom. The van der Waals surface area contributed by atoms with Crippen LogP contribution in [0.1, 0.15) is 15.9 Å². The Balaban J connectivity index is 2.23. The van der Waals surface area contributed by atoms with Crippen LogP contribution >= 0.6 is 0 Å². The van der Waals surface area contributed by atoms with Gasteiger partial charge in [-0.1, -0.05) is 30.3 Å². The van der Waals surface area contributed by atoms with Gasteiger partial charge in [0.15, 0.2) is 0 Å². The molecule has 0 fully saturated rings. The number of carbonyl (C=O) groups is 1. The lowest BCUT2D eigenvalue weighted by molar-refractivity contribution is 0.0966. The Kier molecular flexibility index (Phi) is 1.96. The molecule has 16 heavy (non-hydrogen) atoms. The highest BCUT2D eigenvalue weighted by molar-refractivity contribution is 6.03. The highest BCUT2D eigenvalue weighted by Crippen LogP contribution is 2.26. The summed E-state index contributed by atoms with van der Waals surface area (Å²) in [5, 5.41) is 2.82. The minimum atomic E-state index is -0.0260. The van der Waals surface area contributed by atoms with E-state index in [4.69, 9.17) is 0 Å². The third-order valence-electron chi connectivity index (χ3n) is 2.75. The molecule has 1 amide bonds. The normalized spacial score (nSPS) is 13.4. The summed E-state index contributed by atoms with van der Waals surface area (Å²) in [5.74, 6) is -0.0260. The number of rotatable bonds is 1. The molecule has 3 nitrogen and oxygen atoms in total. The zero-order chi connectivity index (χ0) is 11.0. The van der Waals surface area contributed by atoms with E-state index in [1.165, 1.54) is 0 Å². The summed E-state index contributed by atoms with van der Waals surface area (Å²) in [7, 11) is 0. The van der Waals surface area contributed by atoms with Gasteiger partial charge in [-0.2, -0.15) is 0 Å². The maximum atomic E-state index is 11.7. The highest BCUT2D eigenvalue weighted by atomic mass is 16.1. The van der Waals surface area contributed by atoms with E-state index in [1.807, 2.05) is 36.4 Å². The maximum absolute atomic E-state index is 11.7. The third kappa shape index (κ3) is 1.29. The van der Waals surface area contributed by atoms with Crippen molar-refractivity contribution in [3.63, 3.8) is 0 Å². The molecule has 1 aromatic heterocycles. The van der Waals surface area contributed by atoms with Crippen LogP contribution in [0.25, 0.3) is 11.3 Å². The summed E-state index contributed by atoms with van der Waals surface area (Å²) in [6, 6.07) is 11.7. The summed E-state index contributed by atoms with van der Waals surface area (Å²) in [6.07, 6.45) is 1.75. The fourth-order valence-corrected chi connectivity index (χ4v) is 1.98. The molecule has 0 atom stereocenters. The molecular weight excluding hydrogens is 200 g/mol. The van der Waals surface area contributed by atoms with Gasteiger partial charge in [0.25, 0.3) is 5.91 Å². The second kappa shape index (κ2) is 3.45. The Labute approximate surface area is 93.1 Å². The number of fused-ring (bicyclic) bond motifs is 1. The average molecular weight is 210 g/mol. The largest absolute Gasteiger partial charge is 0.348 e. The number of nitrogens with zero attached hydrogens (tertiary/aromatic N) is 1. The van der Waals surface area contributed by atoms with Gasteiger partial charge in [0.2, 0.25) is 0 Å². The minimum absolute atomic E-state index is 0.0260. The van der Waals surface area contributed by atoms with E-state index >= 15 is 0 Å². The van der Waals surface area contributed by atoms with Crippen LogP contribution in [0.4, 0.5) is 0 Å². The van der Waals surface area contributed by atoms with Gasteiger partial charge in [0, 0.05) is 18.3 Å². The number of amides is 1. The zero-order valence-electron chi connectivity index (χ0n) is 8.60. The minimum Gasteiger partial charge on any atom is -0.348 e. The van der Waals surface area contributed by atoms with Gasteiger partial charge in [-0.25, -0.2) is 0 Å². The predicted molar refractivity (Wildman–Crippen MR) is 60.8 cm³/mol. The van der Waals surface area contributed by atoms with Crippen molar-refractivity contribution in [1.29, 1.82) is 0 Å². The standard InChI is InChI=1S/C13H10N2O/c16-13-11-10(8-15-13)6-7-14-12(11)9-4-2-1-3-5-9/h1-7H,8H2,(H,15,16). The van der Waals surface area contributed by atoms with Gasteiger partial charge in [0.05, 0.1) is 11.3 Å². The van der Waals surface area contributed by atoms with Gasteiger partial charge in [-0.05, 0) is 11.6 Å². The van der Waals surface area contributed by atoms with E-state index in [0.717, 1.165) is 16.8 Å². The number of aromatic nitrogens is 1. The molecule has 0 unspecified atom stereocenters. The van der Waals surface area contributed by atoms with Crippen LogP contribution in [0.5, 0.6) is 0 Å². The van der Waals surface area contributed by atoms with Gasteiger partial charge < -0.3 is 5.32 Å². The number of carbonyl (C=O) groups excluding carboxylic acids is 1. The quantitative estimate of drug-likeness (QED) is 0.782. The Hall–Kier alpha value is -2.16. The number of pyridine rings is 1. The first-order valence-corrected chi connectivity index (χ1v) is 5.18. The smallest absolute Gasteiger partial charge is 0.254 e. The number of nitrogens with one attached hydrogen (secondary N) is 1. The second-order valence-electron chi connectivity index (χ2n) is 3.74. The predicted octanol–water partition coefficient (Wildman–Crippen LogP) is 1.99. The number of benzene rings is 1. The monoisotopic (exact) mass is 210 g/mol. The van der Waals surface area contributed by atoms with Crippen LogP contribution in [0, 0.1) is 0 Å². The Morgan fingerprint density at radius 3 is 2.75 bits per heavy atom. The molecule has 0 radical (unpaired) electrons. The third-order valence-corrected chi connectivity index (χ3v) is 2.75.